The highest BCUT2D eigenvalue weighted by atomic mass is 32.2. The van der Waals surface area contributed by atoms with Crippen LogP contribution in [0.4, 0.5) is 24.8 Å². The third kappa shape index (κ3) is 6.96. The molecule has 0 unspecified atom stereocenters. The molecule has 8 radical (unpaired) electrons. The van der Waals surface area contributed by atoms with Crippen molar-refractivity contribution in [2.75, 3.05) is 16.2 Å². The zero-order valence-electron chi connectivity index (χ0n) is 22.3. The van der Waals surface area contributed by atoms with Gasteiger partial charge in [0, 0.05) is 18.5 Å². The van der Waals surface area contributed by atoms with Crippen molar-refractivity contribution in [2.45, 2.75) is 53.9 Å². The molecule has 1 aliphatic heterocycles. The minimum Gasteiger partial charge on any atom is -0.481 e. The maximum atomic E-state index is 14.1. The van der Waals surface area contributed by atoms with Gasteiger partial charge in [0.05, 0.1) is 42.6 Å². The molecule has 2 N–H and O–H groups in total. The van der Waals surface area contributed by atoms with Crippen molar-refractivity contribution in [3.8, 4) is 11.3 Å². The summed E-state index contributed by atoms with van der Waals surface area (Å²) >= 11 is 0. The number of hydrogen-bond acceptors (Lipinski definition) is 6. The Hall–Kier alpha value is -3.41. The molecule has 0 saturated carbocycles. The summed E-state index contributed by atoms with van der Waals surface area (Å²) in [6.07, 6.45) is -4.59. The Morgan fingerprint density at radius 2 is 1.74 bits per heavy atom. The number of alkyl halides is 3. The Morgan fingerprint density at radius 3 is 2.43 bits per heavy atom. The topological polar surface area (TPSA) is 112 Å². The maximum Gasteiger partial charge on any atom is 0.418 e. The van der Waals surface area contributed by atoms with Gasteiger partial charge in [0.2, 0.25) is 0 Å². The van der Waals surface area contributed by atoms with E-state index in [4.69, 9.17) is 36.5 Å². The zero-order valence-corrected chi connectivity index (χ0v) is 23.1. The van der Waals surface area contributed by atoms with Gasteiger partial charge in [-0.1, -0.05) is 48.4 Å². The van der Waals surface area contributed by atoms with Crippen molar-refractivity contribution in [1.82, 2.24) is 9.97 Å². The van der Waals surface area contributed by atoms with Gasteiger partial charge in [-0.25, -0.2) is 9.97 Å². The predicted octanol–water partition coefficient (Wildman–Crippen LogP) is 3.30. The van der Waals surface area contributed by atoms with Crippen LogP contribution in [0.2, 0.25) is 0 Å². The van der Waals surface area contributed by atoms with E-state index in [2.05, 4.69) is 14.7 Å². The first-order chi connectivity index (χ1) is 19.5. The Bertz CT molecular complexity index is 1590. The molecule has 0 spiro atoms. The van der Waals surface area contributed by atoms with Crippen molar-refractivity contribution < 1.29 is 31.5 Å². The quantitative estimate of drug-likeness (QED) is 0.451. The van der Waals surface area contributed by atoms with Crippen molar-refractivity contribution >= 4 is 59.0 Å². The van der Waals surface area contributed by atoms with Crippen molar-refractivity contribution in [3.05, 3.63) is 65.7 Å². The summed E-state index contributed by atoms with van der Waals surface area (Å²) in [5, 5.41) is 5.34. The minimum absolute atomic E-state index is 0.0127. The first-order valence-electron chi connectivity index (χ1n) is 12.8. The second kappa shape index (κ2) is 11.7. The molecule has 0 aliphatic carbocycles. The van der Waals surface area contributed by atoms with E-state index in [1.165, 1.54) is 41.3 Å². The number of carbonyl (C=O) groups is 1. The summed E-state index contributed by atoms with van der Waals surface area (Å²) in [7, 11) is 21.1. The number of benzene rings is 1. The third-order valence-corrected chi connectivity index (χ3v) is 8.10. The molecule has 2 aromatic heterocycles. The van der Waals surface area contributed by atoms with E-state index in [0.717, 1.165) is 12.1 Å². The summed E-state index contributed by atoms with van der Waals surface area (Å²) in [4.78, 5) is 20.9. The molecule has 1 aliphatic rings. The molecule has 210 valence electrons. The number of anilines is 2. The smallest absolute Gasteiger partial charge is 0.418 e. The molecule has 3 aromatic rings. The lowest BCUT2D eigenvalue weighted by Crippen LogP contribution is -2.51. The molecule has 4 rings (SSSR count). The highest BCUT2D eigenvalue weighted by Gasteiger charge is 2.37. The Morgan fingerprint density at radius 1 is 1.02 bits per heavy atom. The second-order valence-electron chi connectivity index (χ2n) is 10.1. The lowest BCUT2D eigenvalue weighted by atomic mass is 9.48. The number of carboxylic acids is 1. The fourth-order valence-corrected chi connectivity index (χ4v) is 5.70. The monoisotopic (exact) mass is 588 g/mol. The lowest BCUT2D eigenvalue weighted by Gasteiger charge is -2.41. The second-order valence-corrected chi connectivity index (χ2v) is 11.7. The molecule has 42 heavy (non-hydrogen) atoms. The standard InChI is InChI=1S/C26H23B4F3N4O4S/c27-24(28)13-3-4-15-37(25(29,30)14-12-22(38)39)20-8-5-9-21(35-20)42(40,41)36-19-11-10-18(26(31,32)33)23(34-19)16-6-1-2-7-17(16)24/h1-2,5-11H,3-4,12-15H2,(H,34,36)(H,38,39). The SMILES string of the molecule is [B]C1([B])CCCCN(C([B])([B])CCC(=O)O)c2cccc(n2)S(=O)(=O)Nc2ccc(C(F)(F)F)c(n2)-c2ccccc21. The van der Waals surface area contributed by atoms with Crippen molar-refractivity contribution in [3.63, 3.8) is 0 Å². The molecule has 0 amide bonds. The summed E-state index contributed by atoms with van der Waals surface area (Å²) in [6.45, 7) is 0.104. The van der Waals surface area contributed by atoms with Crippen LogP contribution in [0.5, 0.6) is 0 Å². The highest BCUT2D eigenvalue weighted by molar-refractivity contribution is 7.92. The summed E-state index contributed by atoms with van der Waals surface area (Å²) < 4.78 is 71.1. The first-order valence-corrected chi connectivity index (χ1v) is 14.3. The molecule has 0 fully saturated rings. The Kier molecular flexibility index (Phi) is 8.78. The first kappa shape index (κ1) is 31.5. The molecule has 0 atom stereocenters. The van der Waals surface area contributed by atoms with E-state index in [-0.39, 0.29) is 42.8 Å². The van der Waals surface area contributed by atoms with E-state index in [9.17, 15) is 26.4 Å². The van der Waals surface area contributed by atoms with Crippen LogP contribution in [0.25, 0.3) is 11.3 Å². The fraction of sp³-hybridized carbons (Fsp3) is 0.346. The minimum atomic E-state index is -4.82. The normalized spacial score (nSPS) is 17.1. The number of aliphatic carboxylic acids is 1. The number of pyridine rings is 2. The molecule has 16 heteroatoms. The Labute approximate surface area is 247 Å². The van der Waals surface area contributed by atoms with E-state index in [1.807, 2.05) is 0 Å². The van der Waals surface area contributed by atoms with Crippen LogP contribution in [-0.4, -0.2) is 72.7 Å². The zero-order chi connectivity index (χ0) is 30.9. The highest BCUT2D eigenvalue weighted by Crippen LogP contribution is 2.41. The van der Waals surface area contributed by atoms with Crippen LogP contribution < -0.4 is 9.62 Å². The van der Waals surface area contributed by atoms with Crippen LogP contribution in [-0.2, 0) is 26.2 Å². The molecular formula is C26H23B4F3N4O4S. The summed E-state index contributed by atoms with van der Waals surface area (Å²) in [6, 6.07) is 11.6. The number of hydrogen-bond donors (Lipinski definition) is 2. The maximum absolute atomic E-state index is 14.1. The van der Waals surface area contributed by atoms with Gasteiger partial charge in [-0.2, -0.15) is 21.6 Å². The van der Waals surface area contributed by atoms with Crippen LogP contribution >= 0.6 is 0 Å². The van der Waals surface area contributed by atoms with Crippen molar-refractivity contribution in [2.24, 2.45) is 0 Å². The van der Waals surface area contributed by atoms with Crippen molar-refractivity contribution in [1.29, 1.82) is 0 Å². The van der Waals surface area contributed by atoms with Crippen LogP contribution in [0, 0.1) is 0 Å². The van der Waals surface area contributed by atoms with Gasteiger partial charge in [0.15, 0.2) is 5.03 Å². The molecular weight excluding hydrogens is 565 g/mol. The van der Waals surface area contributed by atoms with Gasteiger partial charge in [-0.3, -0.25) is 9.52 Å². The third-order valence-electron chi connectivity index (χ3n) is 6.85. The summed E-state index contributed by atoms with van der Waals surface area (Å²) in [5.41, 5.74) is -1.49. The molecule has 1 aromatic carbocycles. The average Bonchev–Trinajstić information content (AvgIpc) is 2.90. The number of aromatic nitrogens is 2. The number of halogens is 3. The lowest BCUT2D eigenvalue weighted by molar-refractivity contribution is -0.138. The largest absolute Gasteiger partial charge is 0.481 e. The number of sulfonamides is 1. The van der Waals surface area contributed by atoms with Gasteiger partial charge in [-0.15, -0.1) is 0 Å². The molecule has 4 bridgehead atoms. The van der Waals surface area contributed by atoms with E-state index in [1.54, 1.807) is 6.07 Å². The van der Waals surface area contributed by atoms with Gasteiger partial charge in [-0.05, 0) is 48.0 Å². The number of nitrogens with one attached hydrogen (secondary N) is 1. The fourth-order valence-electron chi connectivity index (χ4n) is 4.74. The van der Waals surface area contributed by atoms with E-state index >= 15 is 0 Å². The number of fused-ring (bicyclic) bond motifs is 6. The van der Waals surface area contributed by atoms with Gasteiger partial charge >= 0.3 is 12.1 Å². The van der Waals surface area contributed by atoms with Gasteiger partial charge in [0.1, 0.15) is 11.6 Å². The number of rotatable bonds is 4. The van der Waals surface area contributed by atoms with Gasteiger partial charge in [0.25, 0.3) is 10.0 Å². The molecule has 8 nitrogen and oxygen atoms in total. The average molecular weight is 588 g/mol. The van der Waals surface area contributed by atoms with Crippen LogP contribution in [0.15, 0.2) is 59.6 Å². The predicted molar refractivity (Wildman–Crippen MR) is 155 cm³/mol. The number of nitrogens with zero attached hydrogens (tertiary/aromatic N) is 3. The van der Waals surface area contributed by atoms with Gasteiger partial charge < -0.3 is 10.0 Å². The number of carboxylic acid groups (broad SMARTS) is 1. The van der Waals surface area contributed by atoms with E-state index < -0.39 is 54.8 Å². The van der Waals surface area contributed by atoms with E-state index in [0.29, 0.717) is 12.8 Å². The Balaban J connectivity index is 1.89. The van der Waals surface area contributed by atoms with Crippen LogP contribution in [0.1, 0.15) is 43.2 Å². The summed E-state index contributed by atoms with van der Waals surface area (Å²) in [5.74, 6) is -1.49. The van der Waals surface area contributed by atoms with Crippen LogP contribution in [0.3, 0.4) is 0 Å². The molecule has 3 heterocycles. The molecule has 0 saturated heterocycles.